The highest BCUT2D eigenvalue weighted by molar-refractivity contribution is 4.92. The van der Waals surface area contributed by atoms with Crippen molar-refractivity contribution in [3.63, 3.8) is 0 Å². The molecule has 1 saturated carbocycles. The molecule has 0 radical (unpaired) electrons. The molecule has 2 saturated heterocycles. The van der Waals surface area contributed by atoms with Gasteiger partial charge in [0.2, 0.25) is 0 Å². The molecule has 0 aromatic heterocycles. The molecule has 0 spiro atoms. The summed E-state index contributed by atoms with van der Waals surface area (Å²) in [6.45, 7) is 9.45. The van der Waals surface area contributed by atoms with Crippen LogP contribution < -0.4 is 5.32 Å². The smallest absolute Gasteiger partial charge is 0.0472 e. The van der Waals surface area contributed by atoms with Crippen LogP contribution in [0.2, 0.25) is 0 Å². The van der Waals surface area contributed by atoms with Crippen molar-refractivity contribution in [2.45, 2.75) is 51.5 Å². The van der Waals surface area contributed by atoms with Crippen molar-refractivity contribution in [2.24, 2.45) is 11.3 Å². The lowest BCUT2D eigenvalue weighted by Gasteiger charge is -2.40. The van der Waals surface area contributed by atoms with E-state index in [-0.39, 0.29) is 0 Å². The maximum atomic E-state index is 5.61. The summed E-state index contributed by atoms with van der Waals surface area (Å²) in [5.41, 5.74) is 0.490. The zero-order valence-electron chi connectivity index (χ0n) is 12.5. The largest absolute Gasteiger partial charge is 0.381 e. The van der Waals surface area contributed by atoms with Crippen molar-refractivity contribution < 1.29 is 4.74 Å². The lowest BCUT2D eigenvalue weighted by Crippen LogP contribution is -2.47. The van der Waals surface area contributed by atoms with E-state index in [2.05, 4.69) is 17.1 Å². The summed E-state index contributed by atoms with van der Waals surface area (Å²) in [6, 6.07) is 0.835. The van der Waals surface area contributed by atoms with Gasteiger partial charge in [0.05, 0.1) is 0 Å². The minimum absolute atomic E-state index is 0.490. The van der Waals surface area contributed by atoms with Crippen LogP contribution in [0.25, 0.3) is 0 Å². The number of hydrogen-bond acceptors (Lipinski definition) is 3. The molecule has 0 bridgehead atoms. The van der Waals surface area contributed by atoms with Crippen molar-refractivity contribution >= 4 is 0 Å². The van der Waals surface area contributed by atoms with Crippen LogP contribution >= 0.6 is 0 Å². The molecule has 1 aliphatic carbocycles. The van der Waals surface area contributed by atoms with E-state index in [9.17, 15) is 0 Å². The summed E-state index contributed by atoms with van der Waals surface area (Å²) in [5.74, 6) is 0.952. The molecular weight excluding hydrogens is 236 g/mol. The highest BCUT2D eigenvalue weighted by Crippen LogP contribution is 2.34. The fraction of sp³-hybridized carbons (Fsp3) is 1.00. The minimum atomic E-state index is 0.490. The monoisotopic (exact) mass is 266 g/mol. The molecule has 2 aliphatic heterocycles. The SMILES string of the molecule is CCC1CCN(CC2(CNC3CC3)CCOCC2)C1. The van der Waals surface area contributed by atoms with Gasteiger partial charge in [-0.25, -0.2) is 0 Å². The minimum Gasteiger partial charge on any atom is -0.381 e. The number of nitrogens with one attached hydrogen (secondary N) is 1. The molecule has 0 aromatic carbocycles. The third-order valence-corrected chi connectivity index (χ3v) is 5.40. The molecule has 3 rings (SSSR count). The number of likely N-dealkylation sites (tertiary alicyclic amines) is 1. The number of nitrogens with zero attached hydrogens (tertiary/aromatic N) is 1. The van der Waals surface area contributed by atoms with Gasteiger partial charge in [-0.05, 0) is 50.0 Å². The van der Waals surface area contributed by atoms with E-state index in [0.717, 1.165) is 25.2 Å². The van der Waals surface area contributed by atoms with E-state index in [0.29, 0.717) is 5.41 Å². The summed E-state index contributed by atoms with van der Waals surface area (Å²) in [5, 5.41) is 3.78. The van der Waals surface area contributed by atoms with Crippen molar-refractivity contribution in [3.05, 3.63) is 0 Å². The Morgan fingerprint density at radius 2 is 2.00 bits per heavy atom. The molecule has 19 heavy (non-hydrogen) atoms. The second kappa shape index (κ2) is 6.11. The zero-order valence-corrected chi connectivity index (χ0v) is 12.5. The Balaban J connectivity index is 1.54. The Morgan fingerprint density at radius 3 is 2.63 bits per heavy atom. The predicted octanol–water partition coefficient (Wildman–Crippen LogP) is 2.27. The molecule has 0 aromatic rings. The van der Waals surface area contributed by atoms with Gasteiger partial charge in [-0.3, -0.25) is 0 Å². The predicted molar refractivity (Wildman–Crippen MR) is 78.3 cm³/mol. The zero-order chi connectivity index (χ0) is 13.1. The van der Waals surface area contributed by atoms with Crippen LogP contribution in [0, 0.1) is 11.3 Å². The molecule has 0 amide bonds. The van der Waals surface area contributed by atoms with Gasteiger partial charge >= 0.3 is 0 Å². The van der Waals surface area contributed by atoms with Gasteiger partial charge in [0.25, 0.3) is 0 Å². The standard InChI is InChI=1S/C16H30N2O/c1-2-14-5-8-18(11-14)13-16(6-9-19-10-7-16)12-17-15-3-4-15/h14-15,17H,2-13H2,1H3. The van der Waals surface area contributed by atoms with Gasteiger partial charge < -0.3 is 15.0 Å². The summed E-state index contributed by atoms with van der Waals surface area (Å²) in [6.07, 6.45) is 8.06. The third kappa shape index (κ3) is 3.71. The van der Waals surface area contributed by atoms with Crippen LogP contribution in [-0.2, 0) is 4.74 Å². The fourth-order valence-electron chi connectivity index (χ4n) is 3.71. The van der Waals surface area contributed by atoms with Crippen molar-refractivity contribution in [2.75, 3.05) is 39.4 Å². The van der Waals surface area contributed by atoms with Gasteiger partial charge in [0.1, 0.15) is 0 Å². The molecule has 3 fully saturated rings. The van der Waals surface area contributed by atoms with E-state index in [1.165, 1.54) is 64.7 Å². The summed E-state index contributed by atoms with van der Waals surface area (Å²) < 4.78 is 5.61. The van der Waals surface area contributed by atoms with Gasteiger partial charge in [0.15, 0.2) is 0 Å². The van der Waals surface area contributed by atoms with Crippen LogP contribution in [0.4, 0.5) is 0 Å². The number of rotatable bonds is 6. The van der Waals surface area contributed by atoms with Crippen molar-refractivity contribution in [1.29, 1.82) is 0 Å². The molecular formula is C16H30N2O. The lowest BCUT2D eigenvalue weighted by molar-refractivity contribution is -0.00164. The Labute approximate surface area is 118 Å². The normalized spacial score (nSPS) is 31.7. The molecule has 1 unspecified atom stereocenters. The van der Waals surface area contributed by atoms with Gasteiger partial charge in [0, 0.05) is 38.9 Å². The number of ether oxygens (including phenoxy) is 1. The first kappa shape index (κ1) is 13.8. The highest BCUT2D eigenvalue weighted by Gasteiger charge is 2.37. The second-order valence-electron chi connectivity index (χ2n) is 7.07. The van der Waals surface area contributed by atoms with E-state index < -0.39 is 0 Å². The molecule has 3 aliphatic rings. The maximum Gasteiger partial charge on any atom is 0.0472 e. The molecule has 1 N–H and O–H groups in total. The summed E-state index contributed by atoms with van der Waals surface area (Å²) in [4.78, 5) is 2.73. The van der Waals surface area contributed by atoms with Gasteiger partial charge in [-0.15, -0.1) is 0 Å². The van der Waals surface area contributed by atoms with Gasteiger partial charge in [-0.1, -0.05) is 13.3 Å². The Kier molecular flexibility index (Phi) is 4.45. The lowest BCUT2D eigenvalue weighted by atomic mass is 9.79. The maximum absolute atomic E-state index is 5.61. The van der Waals surface area contributed by atoms with E-state index in [4.69, 9.17) is 4.74 Å². The van der Waals surface area contributed by atoms with Crippen molar-refractivity contribution in [3.8, 4) is 0 Å². The molecule has 1 atom stereocenters. The van der Waals surface area contributed by atoms with Crippen LogP contribution in [0.3, 0.4) is 0 Å². The molecule has 2 heterocycles. The van der Waals surface area contributed by atoms with Crippen molar-refractivity contribution in [1.82, 2.24) is 10.2 Å². The third-order valence-electron chi connectivity index (χ3n) is 5.40. The Bertz CT molecular complexity index is 284. The first-order chi connectivity index (χ1) is 9.30. The van der Waals surface area contributed by atoms with E-state index >= 15 is 0 Å². The first-order valence-electron chi connectivity index (χ1n) is 8.33. The van der Waals surface area contributed by atoms with Gasteiger partial charge in [-0.2, -0.15) is 0 Å². The van der Waals surface area contributed by atoms with E-state index in [1.54, 1.807) is 0 Å². The number of hydrogen-bond donors (Lipinski definition) is 1. The van der Waals surface area contributed by atoms with Crippen LogP contribution in [0.5, 0.6) is 0 Å². The fourth-order valence-corrected chi connectivity index (χ4v) is 3.71. The average Bonchev–Trinajstić information content (AvgIpc) is 3.17. The summed E-state index contributed by atoms with van der Waals surface area (Å²) in [7, 11) is 0. The highest BCUT2D eigenvalue weighted by atomic mass is 16.5. The Hall–Kier alpha value is -0.120. The first-order valence-corrected chi connectivity index (χ1v) is 8.33. The average molecular weight is 266 g/mol. The second-order valence-corrected chi connectivity index (χ2v) is 7.07. The topological polar surface area (TPSA) is 24.5 Å². The molecule has 3 nitrogen and oxygen atoms in total. The van der Waals surface area contributed by atoms with Crippen LogP contribution in [0.15, 0.2) is 0 Å². The molecule has 3 heteroatoms. The van der Waals surface area contributed by atoms with Crippen LogP contribution in [-0.4, -0.2) is 50.3 Å². The van der Waals surface area contributed by atoms with Crippen LogP contribution in [0.1, 0.15) is 45.4 Å². The quantitative estimate of drug-likeness (QED) is 0.798. The Morgan fingerprint density at radius 1 is 1.21 bits per heavy atom. The molecule has 110 valence electrons. The summed E-state index contributed by atoms with van der Waals surface area (Å²) >= 11 is 0. The van der Waals surface area contributed by atoms with E-state index in [1.807, 2.05) is 0 Å².